The molecule has 1 aromatic carbocycles. The van der Waals surface area contributed by atoms with Crippen molar-refractivity contribution in [2.24, 2.45) is 5.73 Å². The average Bonchev–Trinajstić information content (AvgIpc) is 2.76. The highest BCUT2D eigenvalue weighted by molar-refractivity contribution is 5.38. The summed E-state index contributed by atoms with van der Waals surface area (Å²) in [5.74, 6) is 0.901. The molecular weight excluding hydrogens is 214 g/mol. The maximum atomic E-state index is 6.33. The quantitative estimate of drug-likeness (QED) is 0.875. The lowest BCUT2D eigenvalue weighted by molar-refractivity contribution is -0.00175. The molecule has 2 unspecified atom stereocenters. The smallest absolute Gasteiger partial charge is 0.121 e. The Balaban J connectivity index is 2.25. The van der Waals surface area contributed by atoms with Crippen LogP contribution >= 0.6 is 0 Å². The number of methoxy groups -OCH3 is 1. The van der Waals surface area contributed by atoms with E-state index in [1.54, 1.807) is 7.11 Å². The summed E-state index contributed by atoms with van der Waals surface area (Å²) in [6.45, 7) is 4.95. The lowest BCUT2D eigenvalue weighted by Gasteiger charge is -2.31. The van der Waals surface area contributed by atoms with Crippen molar-refractivity contribution in [2.45, 2.75) is 38.3 Å². The fraction of sp³-hybridized carbons (Fsp3) is 0.571. The van der Waals surface area contributed by atoms with Gasteiger partial charge in [0, 0.05) is 6.61 Å². The summed E-state index contributed by atoms with van der Waals surface area (Å²) >= 11 is 0. The molecule has 2 N–H and O–H groups in total. The van der Waals surface area contributed by atoms with Crippen molar-refractivity contribution in [3.8, 4) is 5.75 Å². The Morgan fingerprint density at radius 3 is 2.76 bits per heavy atom. The van der Waals surface area contributed by atoms with Gasteiger partial charge in [-0.1, -0.05) is 12.1 Å². The van der Waals surface area contributed by atoms with Gasteiger partial charge in [0.1, 0.15) is 5.75 Å². The van der Waals surface area contributed by atoms with Gasteiger partial charge < -0.3 is 15.2 Å². The van der Waals surface area contributed by atoms with Crippen LogP contribution < -0.4 is 10.5 Å². The first kappa shape index (κ1) is 12.4. The van der Waals surface area contributed by atoms with Gasteiger partial charge in [-0.05, 0) is 43.9 Å². The van der Waals surface area contributed by atoms with E-state index in [1.807, 2.05) is 19.1 Å². The Morgan fingerprint density at radius 1 is 1.47 bits per heavy atom. The van der Waals surface area contributed by atoms with Crippen LogP contribution in [-0.4, -0.2) is 19.3 Å². The third kappa shape index (κ3) is 2.31. The minimum atomic E-state index is -0.221. The maximum absolute atomic E-state index is 6.33. The molecule has 1 aliphatic heterocycles. The summed E-state index contributed by atoms with van der Waals surface area (Å²) in [6.07, 6.45) is 2.12. The molecule has 2 atom stereocenters. The zero-order valence-electron chi connectivity index (χ0n) is 10.8. The predicted molar refractivity (Wildman–Crippen MR) is 68.3 cm³/mol. The van der Waals surface area contributed by atoms with Crippen molar-refractivity contribution in [1.29, 1.82) is 0 Å². The van der Waals surface area contributed by atoms with Gasteiger partial charge in [-0.25, -0.2) is 0 Å². The molecule has 0 saturated carbocycles. The molecule has 94 valence electrons. The molecule has 0 aliphatic carbocycles. The lowest BCUT2D eigenvalue weighted by Crippen LogP contribution is -2.37. The van der Waals surface area contributed by atoms with Crippen LogP contribution in [0, 0.1) is 6.92 Å². The van der Waals surface area contributed by atoms with Crippen LogP contribution in [0.2, 0.25) is 0 Å². The van der Waals surface area contributed by atoms with Crippen LogP contribution in [0.3, 0.4) is 0 Å². The molecule has 0 aromatic heterocycles. The summed E-state index contributed by atoms with van der Waals surface area (Å²) in [6, 6.07) is 6.03. The summed E-state index contributed by atoms with van der Waals surface area (Å²) in [5, 5.41) is 0. The highest BCUT2D eigenvalue weighted by atomic mass is 16.5. The predicted octanol–water partition coefficient (Wildman–Crippen LogP) is 2.57. The Morgan fingerprint density at radius 2 is 2.24 bits per heavy atom. The largest absolute Gasteiger partial charge is 0.496 e. The summed E-state index contributed by atoms with van der Waals surface area (Å²) in [4.78, 5) is 0. The van der Waals surface area contributed by atoms with Crippen molar-refractivity contribution in [2.75, 3.05) is 13.7 Å². The first-order valence-electron chi connectivity index (χ1n) is 6.11. The van der Waals surface area contributed by atoms with Gasteiger partial charge in [0.15, 0.2) is 0 Å². The van der Waals surface area contributed by atoms with Gasteiger partial charge in [-0.15, -0.1) is 0 Å². The zero-order valence-corrected chi connectivity index (χ0v) is 10.8. The maximum Gasteiger partial charge on any atom is 0.121 e. The van der Waals surface area contributed by atoms with E-state index in [2.05, 4.69) is 13.0 Å². The van der Waals surface area contributed by atoms with Crippen LogP contribution in [0.4, 0.5) is 0 Å². The second kappa shape index (κ2) is 4.67. The number of aryl methyl sites for hydroxylation is 1. The van der Waals surface area contributed by atoms with Gasteiger partial charge >= 0.3 is 0 Å². The standard InChI is InChI=1S/C14H21NO2/c1-10-9-11(5-6-12(10)16-3)13(15)14(2)7-4-8-17-14/h5-6,9,13H,4,7-8,15H2,1-3H3. The Bertz CT molecular complexity index is 397. The Kier molecular flexibility index (Phi) is 3.40. The van der Waals surface area contributed by atoms with E-state index in [0.717, 1.165) is 36.3 Å². The molecule has 1 aromatic rings. The molecule has 0 bridgehead atoms. The lowest BCUT2D eigenvalue weighted by atomic mass is 9.88. The number of benzene rings is 1. The molecule has 1 saturated heterocycles. The van der Waals surface area contributed by atoms with Crippen molar-refractivity contribution >= 4 is 0 Å². The molecule has 17 heavy (non-hydrogen) atoms. The van der Waals surface area contributed by atoms with E-state index in [9.17, 15) is 0 Å². The molecule has 1 heterocycles. The summed E-state index contributed by atoms with van der Waals surface area (Å²) < 4.78 is 11.1. The van der Waals surface area contributed by atoms with Crippen molar-refractivity contribution in [3.05, 3.63) is 29.3 Å². The van der Waals surface area contributed by atoms with E-state index in [4.69, 9.17) is 15.2 Å². The SMILES string of the molecule is COc1ccc(C(N)C2(C)CCCO2)cc1C. The van der Waals surface area contributed by atoms with Crippen LogP contribution in [0.1, 0.15) is 36.9 Å². The van der Waals surface area contributed by atoms with Crippen molar-refractivity contribution in [1.82, 2.24) is 0 Å². The van der Waals surface area contributed by atoms with Crippen LogP contribution in [0.5, 0.6) is 5.75 Å². The van der Waals surface area contributed by atoms with Crippen molar-refractivity contribution in [3.63, 3.8) is 0 Å². The number of hydrogen-bond donors (Lipinski definition) is 1. The second-order valence-corrected chi connectivity index (χ2v) is 4.97. The normalized spacial score (nSPS) is 25.9. The molecule has 1 fully saturated rings. The highest BCUT2D eigenvalue weighted by Gasteiger charge is 2.37. The first-order valence-corrected chi connectivity index (χ1v) is 6.11. The van der Waals surface area contributed by atoms with E-state index >= 15 is 0 Å². The van der Waals surface area contributed by atoms with Gasteiger partial charge in [0.05, 0.1) is 18.8 Å². The van der Waals surface area contributed by atoms with Crippen LogP contribution in [0.15, 0.2) is 18.2 Å². The second-order valence-electron chi connectivity index (χ2n) is 4.97. The molecule has 0 amide bonds. The molecule has 3 nitrogen and oxygen atoms in total. The minimum Gasteiger partial charge on any atom is -0.496 e. The van der Waals surface area contributed by atoms with E-state index in [1.165, 1.54) is 0 Å². The molecule has 0 radical (unpaired) electrons. The first-order chi connectivity index (χ1) is 8.07. The van der Waals surface area contributed by atoms with E-state index in [-0.39, 0.29) is 11.6 Å². The minimum absolute atomic E-state index is 0.0744. The fourth-order valence-electron chi connectivity index (χ4n) is 2.49. The zero-order chi connectivity index (χ0) is 12.5. The molecule has 1 aliphatic rings. The molecule has 2 rings (SSSR count). The monoisotopic (exact) mass is 235 g/mol. The number of hydrogen-bond acceptors (Lipinski definition) is 3. The van der Waals surface area contributed by atoms with Crippen molar-refractivity contribution < 1.29 is 9.47 Å². The number of ether oxygens (including phenoxy) is 2. The van der Waals surface area contributed by atoms with Gasteiger partial charge in [-0.2, -0.15) is 0 Å². The summed E-state index contributed by atoms with van der Waals surface area (Å²) in [7, 11) is 1.68. The Hall–Kier alpha value is -1.06. The topological polar surface area (TPSA) is 44.5 Å². The third-order valence-corrected chi connectivity index (χ3v) is 3.69. The highest BCUT2D eigenvalue weighted by Crippen LogP contribution is 2.36. The Labute approximate surface area is 103 Å². The van der Waals surface area contributed by atoms with Crippen LogP contribution in [0.25, 0.3) is 0 Å². The number of rotatable bonds is 3. The van der Waals surface area contributed by atoms with E-state index < -0.39 is 0 Å². The van der Waals surface area contributed by atoms with Crippen LogP contribution in [-0.2, 0) is 4.74 Å². The van der Waals surface area contributed by atoms with Gasteiger partial charge in [0.25, 0.3) is 0 Å². The molecule has 0 spiro atoms. The molecule has 3 heteroatoms. The molecular formula is C14H21NO2. The van der Waals surface area contributed by atoms with Gasteiger partial charge in [0.2, 0.25) is 0 Å². The third-order valence-electron chi connectivity index (χ3n) is 3.69. The average molecular weight is 235 g/mol. The summed E-state index contributed by atoms with van der Waals surface area (Å²) in [5.41, 5.74) is 8.34. The number of nitrogens with two attached hydrogens (primary N) is 1. The van der Waals surface area contributed by atoms with E-state index in [0.29, 0.717) is 0 Å². The van der Waals surface area contributed by atoms with Gasteiger partial charge in [-0.3, -0.25) is 0 Å². The fourth-order valence-corrected chi connectivity index (χ4v) is 2.49.